The van der Waals surface area contributed by atoms with Gasteiger partial charge in [-0.25, -0.2) is 8.78 Å². The van der Waals surface area contributed by atoms with Crippen LogP contribution in [0.1, 0.15) is 30.6 Å². The lowest BCUT2D eigenvalue weighted by Crippen LogP contribution is -2.03. The van der Waals surface area contributed by atoms with Crippen LogP contribution >= 0.6 is 0 Å². The third-order valence-electron chi connectivity index (χ3n) is 2.15. The number of alkyl halides is 1. The van der Waals surface area contributed by atoms with Crippen LogP contribution in [-0.4, -0.2) is 11.1 Å². The molecule has 0 saturated carbocycles. The molecule has 1 N–H and O–H groups in total. The topological polar surface area (TPSA) is 37.3 Å². The first kappa shape index (κ1) is 11.6. The van der Waals surface area contributed by atoms with E-state index in [2.05, 4.69) is 0 Å². The van der Waals surface area contributed by atoms with Gasteiger partial charge in [0.05, 0.1) is 0 Å². The zero-order valence-electron chi connectivity index (χ0n) is 8.34. The number of carboxylic acid groups (broad SMARTS) is 1. The second kappa shape index (κ2) is 4.87. The largest absolute Gasteiger partial charge is 0.481 e. The molecular formula is C11H12F2O2. The lowest BCUT2D eigenvalue weighted by atomic mass is 9.99. The number of carboxylic acids is 1. The fourth-order valence-corrected chi connectivity index (χ4v) is 1.49. The number of benzene rings is 1. The van der Waals surface area contributed by atoms with Crippen LogP contribution < -0.4 is 0 Å². The van der Waals surface area contributed by atoms with Crippen molar-refractivity contribution in [2.24, 2.45) is 0 Å². The van der Waals surface area contributed by atoms with Crippen molar-refractivity contribution >= 4 is 5.97 Å². The molecule has 0 aromatic heterocycles. The molecule has 82 valence electrons. The van der Waals surface area contributed by atoms with Crippen molar-refractivity contribution in [3.63, 3.8) is 0 Å². The summed E-state index contributed by atoms with van der Waals surface area (Å²) in [7, 11) is 0. The molecule has 0 bridgehead atoms. The molecule has 1 unspecified atom stereocenters. The predicted octanol–water partition coefficient (Wildman–Crippen LogP) is 2.87. The highest BCUT2D eigenvalue weighted by molar-refractivity contribution is 5.67. The molecule has 0 saturated heterocycles. The Balaban J connectivity index is 2.95. The SMILES string of the molecule is CC(F)c1c(F)cccc1CCC(=O)O. The van der Waals surface area contributed by atoms with Gasteiger partial charge in [-0.1, -0.05) is 12.1 Å². The monoisotopic (exact) mass is 214 g/mol. The van der Waals surface area contributed by atoms with Crippen molar-refractivity contribution in [3.05, 3.63) is 35.1 Å². The molecule has 0 aliphatic heterocycles. The Morgan fingerprint density at radius 1 is 1.53 bits per heavy atom. The number of rotatable bonds is 4. The van der Waals surface area contributed by atoms with E-state index in [4.69, 9.17) is 5.11 Å². The average Bonchev–Trinajstić information content (AvgIpc) is 2.13. The smallest absolute Gasteiger partial charge is 0.303 e. The Hall–Kier alpha value is -1.45. The first-order valence-electron chi connectivity index (χ1n) is 4.65. The van der Waals surface area contributed by atoms with Crippen molar-refractivity contribution in [3.8, 4) is 0 Å². The number of aliphatic carboxylic acids is 1. The maximum absolute atomic E-state index is 13.2. The molecule has 15 heavy (non-hydrogen) atoms. The van der Waals surface area contributed by atoms with Gasteiger partial charge >= 0.3 is 5.97 Å². The average molecular weight is 214 g/mol. The minimum Gasteiger partial charge on any atom is -0.481 e. The second-order valence-corrected chi connectivity index (χ2v) is 3.32. The number of halogens is 2. The molecule has 0 heterocycles. The van der Waals surface area contributed by atoms with Crippen LogP contribution in [0, 0.1) is 5.82 Å². The van der Waals surface area contributed by atoms with Crippen LogP contribution in [0.2, 0.25) is 0 Å². The molecule has 0 amide bonds. The maximum Gasteiger partial charge on any atom is 0.303 e. The molecule has 0 fully saturated rings. The summed E-state index contributed by atoms with van der Waals surface area (Å²) in [5.41, 5.74) is 0.395. The van der Waals surface area contributed by atoms with Crippen LogP contribution in [0.15, 0.2) is 18.2 Å². The van der Waals surface area contributed by atoms with E-state index in [0.29, 0.717) is 5.56 Å². The van der Waals surface area contributed by atoms with Gasteiger partial charge in [-0.3, -0.25) is 4.79 Å². The van der Waals surface area contributed by atoms with E-state index in [1.165, 1.54) is 19.1 Å². The molecule has 1 atom stereocenters. The van der Waals surface area contributed by atoms with E-state index in [-0.39, 0.29) is 18.4 Å². The van der Waals surface area contributed by atoms with E-state index in [1.54, 1.807) is 6.07 Å². The van der Waals surface area contributed by atoms with Gasteiger partial charge in [0.15, 0.2) is 0 Å². The van der Waals surface area contributed by atoms with Crippen molar-refractivity contribution in [1.29, 1.82) is 0 Å². The third-order valence-corrected chi connectivity index (χ3v) is 2.15. The maximum atomic E-state index is 13.2. The van der Waals surface area contributed by atoms with Crippen LogP contribution in [0.4, 0.5) is 8.78 Å². The summed E-state index contributed by atoms with van der Waals surface area (Å²) in [6, 6.07) is 4.19. The zero-order valence-corrected chi connectivity index (χ0v) is 8.34. The summed E-state index contributed by atoms with van der Waals surface area (Å²) in [5.74, 6) is -1.59. The first-order valence-corrected chi connectivity index (χ1v) is 4.65. The normalized spacial score (nSPS) is 12.5. The molecule has 4 heteroatoms. The van der Waals surface area contributed by atoms with Crippen LogP contribution in [0.3, 0.4) is 0 Å². The van der Waals surface area contributed by atoms with Gasteiger partial charge in [0, 0.05) is 12.0 Å². The molecule has 0 aliphatic carbocycles. The minimum absolute atomic E-state index is 0.0289. The summed E-state index contributed by atoms with van der Waals surface area (Å²) >= 11 is 0. The highest BCUT2D eigenvalue weighted by atomic mass is 19.1. The molecule has 0 spiro atoms. The molecule has 1 aromatic carbocycles. The van der Waals surface area contributed by atoms with Gasteiger partial charge < -0.3 is 5.11 Å². The molecule has 1 aromatic rings. The number of aryl methyl sites for hydroxylation is 1. The molecule has 2 nitrogen and oxygen atoms in total. The zero-order chi connectivity index (χ0) is 11.4. The lowest BCUT2D eigenvalue weighted by molar-refractivity contribution is -0.136. The van der Waals surface area contributed by atoms with Gasteiger partial charge in [-0.15, -0.1) is 0 Å². The predicted molar refractivity (Wildman–Crippen MR) is 51.9 cm³/mol. The highest BCUT2D eigenvalue weighted by Gasteiger charge is 2.15. The summed E-state index contributed by atoms with van der Waals surface area (Å²) in [4.78, 5) is 10.4. The quantitative estimate of drug-likeness (QED) is 0.836. The van der Waals surface area contributed by atoms with Crippen molar-refractivity contribution in [2.45, 2.75) is 25.9 Å². The Morgan fingerprint density at radius 2 is 2.20 bits per heavy atom. The van der Waals surface area contributed by atoms with E-state index < -0.39 is 18.0 Å². The van der Waals surface area contributed by atoms with Gasteiger partial charge in [-0.05, 0) is 25.0 Å². The van der Waals surface area contributed by atoms with E-state index in [9.17, 15) is 13.6 Å². The first-order chi connectivity index (χ1) is 7.02. The standard InChI is InChI=1S/C11H12F2O2/c1-7(12)11-8(5-6-10(14)15)3-2-4-9(11)13/h2-4,7H,5-6H2,1H3,(H,14,15). The Bertz CT molecular complexity index is 362. The summed E-state index contributed by atoms with van der Waals surface area (Å²) < 4.78 is 26.3. The van der Waals surface area contributed by atoms with Crippen LogP contribution in [-0.2, 0) is 11.2 Å². The number of carbonyl (C=O) groups is 1. The van der Waals surface area contributed by atoms with E-state index >= 15 is 0 Å². The van der Waals surface area contributed by atoms with Crippen molar-refractivity contribution in [2.75, 3.05) is 0 Å². The van der Waals surface area contributed by atoms with Crippen molar-refractivity contribution in [1.82, 2.24) is 0 Å². The Morgan fingerprint density at radius 3 is 2.73 bits per heavy atom. The van der Waals surface area contributed by atoms with Gasteiger partial charge in [-0.2, -0.15) is 0 Å². The van der Waals surface area contributed by atoms with Crippen LogP contribution in [0.25, 0.3) is 0 Å². The number of hydrogen-bond acceptors (Lipinski definition) is 1. The second-order valence-electron chi connectivity index (χ2n) is 3.32. The minimum atomic E-state index is -1.42. The molecule has 1 rings (SSSR count). The highest BCUT2D eigenvalue weighted by Crippen LogP contribution is 2.25. The lowest BCUT2D eigenvalue weighted by Gasteiger charge is -2.10. The fraction of sp³-hybridized carbons (Fsp3) is 0.364. The summed E-state index contributed by atoms with van der Waals surface area (Å²) in [6.07, 6.45) is -1.39. The van der Waals surface area contributed by atoms with Crippen LogP contribution in [0.5, 0.6) is 0 Å². The van der Waals surface area contributed by atoms with E-state index in [0.717, 1.165) is 0 Å². The van der Waals surface area contributed by atoms with Gasteiger partial charge in [0.2, 0.25) is 0 Å². The molecular weight excluding hydrogens is 202 g/mol. The molecule has 0 radical (unpaired) electrons. The fourth-order valence-electron chi connectivity index (χ4n) is 1.49. The van der Waals surface area contributed by atoms with Gasteiger partial charge in [0.1, 0.15) is 12.0 Å². The van der Waals surface area contributed by atoms with Crippen molar-refractivity contribution < 1.29 is 18.7 Å². The Kier molecular flexibility index (Phi) is 3.77. The summed E-state index contributed by atoms with van der Waals surface area (Å²) in [5, 5.41) is 8.49. The number of hydrogen-bond donors (Lipinski definition) is 1. The third kappa shape index (κ3) is 3.01. The van der Waals surface area contributed by atoms with E-state index in [1.807, 2.05) is 0 Å². The molecule has 0 aliphatic rings. The van der Waals surface area contributed by atoms with Gasteiger partial charge in [0.25, 0.3) is 0 Å². The summed E-state index contributed by atoms with van der Waals surface area (Å²) in [6.45, 7) is 1.24. The Labute approximate surface area is 86.5 Å².